The molecule has 1 aliphatic heterocycles. The first kappa shape index (κ1) is 17.7. The summed E-state index contributed by atoms with van der Waals surface area (Å²) in [5.74, 6) is -1.40. The standard InChI is InChI=1S/C19H20N2O5/c1-25-15-4-3-5-16(26-2)17(15)18(22)21-10-13(14(11-21)19(23)24)12-6-8-20-9-7-12/h3-9,13-14H,10-11H2,1-2H3,(H,23,24). The maximum absolute atomic E-state index is 13.1. The molecule has 7 heteroatoms. The summed E-state index contributed by atoms with van der Waals surface area (Å²) in [5.41, 5.74) is 1.16. The molecule has 26 heavy (non-hydrogen) atoms. The van der Waals surface area contributed by atoms with Crippen molar-refractivity contribution in [3.63, 3.8) is 0 Å². The Morgan fingerprint density at radius 1 is 1.08 bits per heavy atom. The van der Waals surface area contributed by atoms with Gasteiger partial charge < -0.3 is 19.5 Å². The average molecular weight is 356 g/mol. The van der Waals surface area contributed by atoms with Crippen molar-refractivity contribution in [2.75, 3.05) is 27.3 Å². The van der Waals surface area contributed by atoms with E-state index in [4.69, 9.17) is 9.47 Å². The van der Waals surface area contributed by atoms with Crippen molar-refractivity contribution >= 4 is 11.9 Å². The zero-order chi connectivity index (χ0) is 18.7. The van der Waals surface area contributed by atoms with Crippen molar-refractivity contribution in [2.24, 2.45) is 5.92 Å². The van der Waals surface area contributed by atoms with Crippen molar-refractivity contribution in [2.45, 2.75) is 5.92 Å². The molecule has 1 aromatic carbocycles. The molecular formula is C19H20N2O5. The summed E-state index contributed by atoms with van der Waals surface area (Å²) in [6.07, 6.45) is 3.25. The van der Waals surface area contributed by atoms with E-state index in [0.717, 1.165) is 5.56 Å². The summed E-state index contributed by atoms with van der Waals surface area (Å²) in [6, 6.07) is 8.68. The summed E-state index contributed by atoms with van der Waals surface area (Å²) in [6.45, 7) is 0.434. The van der Waals surface area contributed by atoms with Crippen molar-refractivity contribution in [3.05, 3.63) is 53.9 Å². The largest absolute Gasteiger partial charge is 0.496 e. The summed E-state index contributed by atoms with van der Waals surface area (Å²) in [7, 11) is 2.96. The fourth-order valence-electron chi connectivity index (χ4n) is 3.39. The minimum absolute atomic E-state index is 0.127. The Bertz CT molecular complexity index is 787. The number of carboxylic acids is 1. The molecule has 3 rings (SSSR count). The topological polar surface area (TPSA) is 89.0 Å². The quantitative estimate of drug-likeness (QED) is 0.882. The first-order valence-corrected chi connectivity index (χ1v) is 8.19. The first-order valence-electron chi connectivity index (χ1n) is 8.19. The van der Waals surface area contributed by atoms with E-state index in [1.807, 2.05) is 0 Å². The lowest BCUT2D eigenvalue weighted by Gasteiger charge is -2.20. The molecular weight excluding hydrogens is 336 g/mol. The van der Waals surface area contributed by atoms with E-state index >= 15 is 0 Å². The third-order valence-corrected chi connectivity index (χ3v) is 4.70. The highest BCUT2D eigenvalue weighted by Crippen LogP contribution is 2.36. The smallest absolute Gasteiger partial charge is 0.308 e. The second-order valence-electron chi connectivity index (χ2n) is 6.08. The zero-order valence-corrected chi connectivity index (χ0v) is 14.6. The lowest BCUT2D eigenvalue weighted by molar-refractivity contribution is -0.141. The second-order valence-corrected chi connectivity index (χ2v) is 6.08. The van der Waals surface area contributed by atoms with Crippen molar-refractivity contribution < 1.29 is 24.2 Å². The minimum atomic E-state index is -0.922. The number of aliphatic carboxylic acids is 1. The molecule has 136 valence electrons. The number of rotatable bonds is 5. The molecule has 1 aliphatic rings. The van der Waals surface area contributed by atoms with Gasteiger partial charge in [-0.3, -0.25) is 14.6 Å². The highest BCUT2D eigenvalue weighted by Gasteiger charge is 2.41. The van der Waals surface area contributed by atoms with Gasteiger partial charge in [-0.2, -0.15) is 0 Å². The maximum atomic E-state index is 13.1. The SMILES string of the molecule is COc1cccc(OC)c1C(=O)N1CC(C(=O)O)C(c2ccncc2)C1. The average Bonchev–Trinajstić information content (AvgIpc) is 3.13. The highest BCUT2D eigenvalue weighted by molar-refractivity contribution is 6.00. The van der Waals surface area contributed by atoms with E-state index in [2.05, 4.69) is 4.98 Å². The molecule has 1 aromatic heterocycles. The van der Waals surface area contributed by atoms with Gasteiger partial charge in [-0.25, -0.2) is 0 Å². The fourth-order valence-corrected chi connectivity index (χ4v) is 3.39. The maximum Gasteiger partial charge on any atom is 0.308 e. The second kappa shape index (κ2) is 7.43. The molecule has 2 heterocycles. The van der Waals surface area contributed by atoms with Crippen LogP contribution in [0.3, 0.4) is 0 Å². The number of hydrogen-bond donors (Lipinski definition) is 1. The number of likely N-dealkylation sites (tertiary alicyclic amines) is 1. The van der Waals surface area contributed by atoms with Gasteiger partial charge in [0.2, 0.25) is 0 Å². The minimum Gasteiger partial charge on any atom is -0.496 e. The number of amides is 1. The number of ether oxygens (including phenoxy) is 2. The molecule has 0 saturated carbocycles. The van der Waals surface area contributed by atoms with Crippen LogP contribution in [0.4, 0.5) is 0 Å². The van der Waals surface area contributed by atoms with E-state index in [9.17, 15) is 14.7 Å². The predicted molar refractivity (Wildman–Crippen MR) is 93.6 cm³/mol. The Morgan fingerprint density at radius 3 is 2.23 bits per heavy atom. The number of pyridine rings is 1. The van der Waals surface area contributed by atoms with Crippen LogP contribution in [0.25, 0.3) is 0 Å². The van der Waals surface area contributed by atoms with Crippen LogP contribution in [0.5, 0.6) is 11.5 Å². The first-order chi connectivity index (χ1) is 12.6. The van der Waals surface area contributed by atoms with E-state index < -0.39 is 11.9 Å². The van der Waals surface area contributed by atoms with Crippen LogP contribution in [-0.2, 0) is 4.79 Å². The Kier molecular flexibility index (Phi) is 5.06. The fraction of sp³-hybridized carbons (Fsp3) is 0.316. The monoisotopic (exact) mass is 356 g/mol. The van der Waals surface area contributed by atoms with Crippen molar-refractivity contribution in [3.8, 4) is 11.5 Å². The van der Waals surface area contributed by atoms with E-state index in [0.29, 0.717) is 23.6 Å². The normalized spacial score (nSPS) is 19.2. The van der Waals surface area contributed by atoms with Crippen molar-refractivity contribution in [1.29, 1.82) is 0 Å². The molecule has 0 bridgehead atoms. The number of carbonyl (C=O) groups excluding carboxylic acids is 1. The number of nitrogens with zero attached hydrogens (tertiary/aromatic N) is 2. The van der Waals surface area contributed by atoms with Gasteiger partial charge >= 0.3 is 5.97 Å². The van der Waals surface area contributed by atoms with E-state index in [1.54, 1.807) is 47.6 Å². The van der Waals surface area contributed by atoms with Crippen LogP contribution in [0, 0.1) is 5.92 Å². The Labute approximate surface area is 151 Å². The Hall–Kier alpha value is -3.09. The molecule has 7 nitrogen and oxygen atoms in total. The van der Waals surface area contributed by atoms with Crippen LogP contribution >= 0.6 is 0 Å². The lowest BCUT2D eigenvalue weighted by Crippen LogP contribution is -2.30. The van der Waals surface area contributed by atoms with Gasteiger partial charge in [0.05, 0.1) is 20.1 Å². The zero-order valence-electron chi connectivity index (χ0n) is 14.6. The van der Waals surface area contributed by atoms with Gasteiger partial charge in [0.1, 0.15) is 17.1 Å². The van der Waals surface area contributed by atoms with Crippen LogP contribution in [0.2, 0.25) is 0 Å². The molecule has 0 radical (unpaired) electrons. The molecule has 1 fully saturated rings. The third kappa shape index (κ3) is 3.20. The van der Waals surface area contributed by atoms with Gasteiger partial charge in [-0.15, -0.1) is 0 Å². The third-order valence-electron chi connectivity index (χ3n) is 4.70. The van der Waals surface area contributed by atoms with E-state index in [1.165, 1.54) is 14.2 Å². The summed E-state index contributed by atoms with van der Waals surface area (Å²) >= 11 is 0. The summed E-state index contributed by atoms with van der Waals surface area (Å²) in [4.78, 5) is 30.4. The predicted octanol–water partition coefficient (Wildman–Crippen LogP) is 2.04. The number of methoxy groups -OCH3 is 2. The summed E-state index contributed by atoms with van der Waals surface area (Å²) < 4.78 is 10.6. The molecule has 1 N–H and O–H groups in total. The van der Waals surface area contributed by atoms with Crippen LogP contribution in [0.15, 0.2) is 42.7 Å². The van der Waals surface area contributed by atoms with Crippen LogP contribution in [0.1, 0.15) is 21.8 Å². The molecule has 0 aliphatic carbocycles. The van der Waals surface area contributed by atoms with Gasteiger partial charge in [-0.1, -0.05) is 6.07 Å². The van der Waals surface area contributed by atoms with Gasteiger partial charge in [0.25, 0.3) is 5.91 Å². The lowest BCUT2D eigenvalue weighted by atomic mass is 9.90. The molecule has 1 amide bonds. The van der Waals surface area contributed by atoms with Crippen LogP contribution in [-0.4, -0.2) is 54.2 Å². The number of carboxylic acid groups (broad SMARTS) is 1. The van der Waals surface area contributed by atoms with Gasteiger partial charge in [0, 0.05) is 31.4 Å². The number of aromatic nitrogens is 1. The van der Waals surface area contributed by atoms with Crippen LogP contribution < -0.4 is 9.47 Å². The van der Waals surface area contributed by atoms with Crippen molar-refractivity contribution in [1.82, 2.24) is 9.88 Å². The Morgan fingerprint density at radius 2 is 1.69 bits per heavy atom. The van der Waals surface area contributed by atoms with E-state index in [-0.39, 0.29) is 18.4 Å². The molecule has 2 unspecified atom stereocenters. The molecule has 2 aromatic rings. The highest BCUT2D eigenvalue weighted by atomic mass is 16.5. The van der Waals surface area contributed by atoms with Gasteiger partial charge in [-0.05, 0) is 29.8 Å². The summed E-state index contributed by atoms with van der Waals surface area (Å²) in [5, 5.41) is 9.61. The number of hydrogen-bond acceptors (Lipinski definition) is 5. The molecule has 1 saturated heterocycles. The Balaban J connectivity index is 1.94. The van der Waals surface area contributed by atoms with Gasteiger partial charge in [0.15, 0.2) is 0 Å². The molecule has 0 spiro atoms. The molecule has 2 atom stereocenters. The number of benzene rings is 1. The number of carbonyl (C=O) groups is 2.